The van der Waals surface area contributed by atoms with Crippen LogP contribution in [0.5, 0.6) is 0 Å². The molecule has 1 saturated heterocycles. The monoisotopic (exact) mass is 334 g/mol. The van der Waals surface area contributed by atoms with Crippen molar-refractivity contribution >= 4 is 5.91 Å². The molecule has 5 heteroatoms. The van der Waals surface area contributed by atoms with E-state index in [2.05, 4.69) is 49.9 Å². The number of hydrogen-bond donors (Lipinski definition) is 1. The van der Waals surface area contributed by atoms with Gasteiger partial charge in [0.25, 0.3) is 5.91 Å². The van der Waals surface area contributed by atoms with Gasteiger partial charge >= 0.3 is 0 Å². The Hall–Kier alpha value is -1.36. The molecule has 0 aliphatic carbocycles. The Morgan fingerprint density at radius 2 is 1.92 bits per heavy atom. The lowest BCUT2D eigenvalue weighted by atomic mass is 9.92. The van der Waals surface area contributed by atoms with Gasteiger partial charge in [-0.05, 0) is 58.4 Å². The largest absolute Gasteiger partial charge is 0.352 e. The van der Waals surface area contributed by atoms with Crippen LogP contribution in [-0.4, -0.2) is 46.8 Å². The molecular weight excluding hydrogens is 300 g/mol. The fourth-order valence-electron chi connectivity index (χ4n) is 3.55. The molecule has 0 saturated carbocycles. The van der Waals surface area contributed by atoms with Crippen LogP contribution in [0.4, 0.5) is 0 Å². The topological polar surface area (TPSA) is 50.2 Å². The summed E-state index contributed by atoms with van der Waals surface area (Å²) in [5, 5.41) is 7.29. The minimum absolute atomic E-state index is 0.0225. The zero-order valence-electron chi connectivity index (χ0n) is 16.0. The van der Waals surface area contributed by atoms with Gasteiger partial charge in [0, 0.05) is 25.8 Å². The summed E-state index contributed by atoms with van der Waals surface area (Å²) in [5.74, 6) is 1.60. The number of nitrogens with zero attached hydrogens (tertiary/aromatic N) is 3. The van der Waals surface area contributed by atoms with E-state index in [0.29, 0.717) is 5.56 Å². The molecule has 1 fully saturated rings. The average Bonchev–Trinajstić information content (AvgIpc) is 2.95. The molecule has 1 amide bonds. The van der Waals surface area contributed by atoms with E-state index in [1.807, 2.05) is 10.9 Å². The fourth-order valence-corrected chi connectivity index (χ4v) is 3.55. The van der Waals surface area contributed by atoms with Crippen LogP contribution in [0.3, 0.4) is 0 Å². The summed E-state index contributed by atoms with van der Waals surface area (Å²) in [7, 11) is 0. The minimum atomic E-state index is -0.0960. The van der Waals surface area contributed by atoms with Gasteiger partial charge in [0.2, 0.25) is 0 Å². The van der Waals surface area contributed by atoms with Gasteiger partial charge < -0.3 is 10.2 Å². The summed E-state index contributed by atoms with van der Waals surface area (Å²) in [6.07, 6.45) is 7.00. The number of rotatable bonds is 6. The van der Waals surface area contributed by atoms with Crippen molar-refractivity contribution < 1.29 is 4.79 Å². The molecule has 1 N–H and O–H groups in total. The Morgan fingerprint density at radius 3 is 2.50 bits per heavy atom. The van der Waals surface area contributed by atoms with E-state index < -0.39 is 0 Å². The Labute approximate surface area is 146 Å². The van der Waals surface area contributed by atoms with Crippen molar-refractivity contribution in [2.45, 2.75) is 59.4 Å². The molecule has 1 aliphatic heterocycles. The van der Waals surface area contributed by atoms with Crippen LogP contribution >= 0.6 is 0 Å². The van der Waals surface area contributed by atoms with E-state index in [-0.39, 0.29) is 11.4 Å². The summed E-state index contributed by atoms with van der Waals surface area (Å²) in [6.45, 7) is 15.2. The Kier molecular flexibility index (Phi) is 6.44. The van der Waals surface area contributed by atoms with Gasteiger partial charge in [0.1, 0.15) is 0 Å². The van der Waals surface area contributed by atoms with Crippen molar-refractivity contribution in [2.75, 3.05) is 26.2 Å². The second kappa shape index (κ2) is 8.15. The molecule has 1 aromatic rings. The highest BCUT2D eigenvalue weighted by Gasteiger charge is 2.21. The Morgan fingerprint density at radius 1 is 1.25 bits per heavy atom. The number of piperidine rings is 1. The van der Waals surface area contributed by atoms with Crippen molar-refractivity contribution in [3.63, 3.8) is 0 Å². The van der Waals surface area contributed by atoms with Crippen LogP contribution in [0.1, 0.15) is 64.2 Å². The summed E-state index contributed by atoms with van der Waals surface area (Å²) < 4.78 is 1.83. The lowest BCUT2D eigenvalue weighted by molar-refractivity contribution is 0.0951. The van der Waals surface area contributed by atoms with Crippen LogP contribution in [0, 0.1) is 11.8 Å². The normalized spacial score (nSPS) is 22.5. The van der Waals surface area contributed by atoms with E-state index in [0.717, 1.165) is 37.8 Å². The molecule has 0 unspecified atom stereocenters. The number of nitrogens with one attached hydrogen (secondary N) is 1. The number of likely N-dealkylation sites (tertiary alicyclic amines) is 1. The lowest BCUT2D eigenvalue weighted by Crippen LogP contribution is -2.39. The maximum absolute atomic E-state index is 12.2. The second-order valence-electron chi connectivity index (χ2n) is 8.51. The Bertz CT molecular complexity index is 522. The third-order valence-electron chi connectivity index (χ3n) is 4.66. The van der Waals surface area contributed by atoms with Crippen molar-refractivity contribution in [2.24, 2.45) is 11.8 Å². The second-order valence-corrected chi connectivity index (χ2v) is 8.51. The summed E-state index contributed by atoms with van der Waals surface area (Å²) >= 11 is 0. The first kappa shape index (κ1) is 19.0. The van der Waals surface area contributed by atoms with Gasteiger partial charge in [-0.2, -0.15) is 5.10 Å². The number of aromatic nitrogens is 2. The average molecular weight is 335 g/mol. The van der Waals surface area contributed by atoms with Gasteiger partial charge in [-0.3, -0.25) is 9.48 Å². The molecule has 1 aromatic heterocycles. The highest BCUT2D eigenvalue weighted by atomic mass is 16.1. The number of carbonyl (C=O) groups is 1. The standard InChI is InChI=1S/C19H34N4O/c1-15-10-16(2)13-22(12-15)9-7-6-8-20-18(24)17-11-21-23(14-17)19(3,4)5/h11,14-16H,6-10,12-13H2,1-5H3,(H,20,24)/t15-,16-/m0/s1. The van der Waals surface area contributed by atoms with Gasteiger partial charge in [-0.15, -0.1) is 0 Å². The highest BCUT2D eigenvalue weighted by Crippen LogP contribution is 2.21. The van der Waals surface area contributed by atoms with E-state index in [4.69, 9.17) is 0 Å². The van der Waals surface area contributed by atoms with Crippen LogP contribution in [0.2, 0.25) is 0 Å². The van der Waals surface area contributed by atoms with Gasteiger partial charge in [0.15, 0.2) is 0 Å². The maximum Gasteiger partial charge on any atom is 0.254 e. The molecule has 24 heavy (non-hydrogen) atoms. The van der Waals surface area contributed by atoms with E-state index in [1.54, 1.807) is 6.20 Å². The van der Waals surface area contributed by atoms with Crippen LogP contribution in [0.25, 0.3) is 0 Å². The summed E-state index contributed by atoms with van der Waals surface area (Å²) in [5.41, 5.74) is 0.546. The summed E-state index contributed by atoms with van der Waals surface area (Å²) in [4.78, 5) is 14.7. The molecule has 2 rings (SSSR count). The summed E-state index contributed by atoms with van der Waals surface area (Å²) in [6, 6.07) is 0. The Balaban J connectivity index is 1.65. The lowest BCUT2D eigenvalue weighted by Gasteiger charge is -2.34. The third-order valence-corrected chi connectivity index (χ3v) is 4.66. The van der Waals surface area contributed by atoms with Crippen molar-refractivity contribution in [3.8, 4) is 0 Å². The molecule has 5 nitrogen and oxygen atoms in total. The SMILES string of the molecule is C[C@H]1C[C@H](C)CN(CCCCNC(=O)c2cnn(C(C)(C)C)c2)C1. The molecule has 2 heterocycles. The van der Waals surface area contributed by atoms with Crippen LogP contribution in [-0.2, 0) is 5.54 Å². The van der Waals surface area contributed by atoms with E-state index in [1.165, 1.54) is 19.5 Å². The predicted octanol–water partition coefficient (Wildman–Crippen LogP) is 3.13. The first-order chi connectivity index (χ1) is 11.3. The van der Waals surface area contributed by atoms with Crippen molar-refractivity contribution in [3.05, 3.63) is 18.0 Å². The smallest absolute Gasteiger partial charge is 0.254 e. The minimum Gasteiger partial charge on any atom is -0.352 e. The number of amides is 1. The first-order valence-corrected chi connectivity index (χ1v) is 9.31. The maximum atomic E-state index is 12.2. The highest BCUT2D eigenvalue weighted by molar-refractivity contribution is 5.93. The van der Waals surface area contributed by atoms with Crippen LogP contribution in [0.15, 0.2) is 12.4 Å². The molecule has 0 aromatic carbocycles. The predicted molar refractivity (Wildman–Crippen MR) is 98.2 cm³/mol. The zero-order chi connectivity index (χ0) is 17.7. The first-order valence-electron chi connectivity index (χ1n) is 9.31. The van der Waals surface area contributed by atoms with Crippen molar-refractivity contribution in [1.29, 1.82) is 0 Å². The van der Waals surface area contributed by atoms with Gasteiger partial charge in [-0.25, -0.2) is 0 Å². The zero-order valence-corrected chi connectivity index (χ0v) is 16.0. The number of carbonyl (C=O) groups excluding carboxylic acids is 1. The fraction of sp³-hybridized carbons (Fsp3) is 0.789. The quantitative estimate of drug-likeness (QED) is 0.813. The number of hydrogen-bond acceptors (Lipinski definition) is 3. The molecule has 0 spiro atoms. The molecule has 0 radical (unpaired) electrons. The van der Waals surface area contributed by atoms with Gasteiger partial charge in [0.05, 0.1) is 17.3 Å². The molecular formula is C19H34N4O. The molecule has 1 aliphatic rings. The third kappa shape index (κ3) is 5.62. The van der Waals surface area contributed by atoms with Crippen molar-refractivity contribution in [1.82, 2.24) is 20.0 Å². The van der Waals surface area contributed by atoms with E-state index >= 15 is 0 Å². The van der Waals surface area contributed by atoms with Gasteiger partial charge in [-0.1, -0.05) is 13.8 Å². The molecule has 0 bridgehead atoms. The van der Waals surface area contributed by atoms with Crippen LogP contribution < -0.4 is 5.32 Å². The van der Waals surface area contributed by atoms with E-state index in [9.17, 15) is 4.79 Å². The molecule has 2 atom stereocenters. The number of unbranched alkanes of at least 4 members (excludes halogenated alkanes) is 1. The molecule has 136 valence electrons.